The lowest BCUT2D eigenvalue weighted by atomic mass is 9.92. The van der Waals surface area contributed by atoms with Gasteiger partial charge >= 0.3 is 5.97 Å². The van der Waals surface area contributed by atoms with Gasteiger partial charge in [0.25, 0.3) is 0 Å². The molecule has 1 unspecified atom stereocenters. The Morgan fingerprint density at radius 3 is 2.32 bits per heavy atom. The van der Waals surface area contributed by atoms with Crippen LogP contribution < -0.4 is 0 Å². The first-order chi connectivity index (χ1) is 11.9. The summed E-state index contributed by atoms with van der Waals surface area (Å²) in [4.78, 5) is 18.4. The van der Waals surface area contributed by atoms with Crippen LogP contribution in [0.15, 0.2) is 36.4 Å². The molecular weight excluding hydrogens is 312 g/mol. The second-order valence-electron chi connectivity index (χ2n) is 7.18. The number of pyridine rings is 1. The first kappa shape index (κ1) is 17.6. The van der Waals surface area contributed by atoms with Gasteiger partial charge in [0.2, 0.25) is 0 Å². The topological polar surface area (TPSA) is 53.4 Å². The van der Waals surface area contributed by atoms with Gasteiger partial charge in [0.15, 0.2) is 0 Å². The Labute approximate surface area is 149 Å². The van der Waals surface area contributed by atoms with Crippen molar-refractivity contribution in [2.75, 3.05) is 13.1 Å². The van der Waals surface area contributed by atoms with Crippen LogP contribution in [0, 0.1) is 26.7 Å². The third-order valence-corrected chi connectivity index (χ3v) is 4.99. The zero-order valence-electron chi connectivity index (χ0n) is 15.2. The summed E-state index contributed by atoms with van der Waals surface area (Å²) >= 11 is 0. The molecule has 1 fully saturated rings. The molecule has 1 aromatic heterocycles. The van der Waals surface area contributed by atoms with E-state index in [1.165, 1.54) is 16.7 Å². The standard InChI is InChI=1S/C21H26N2O2/c1-14-11-15(2)13-18(12-14)20(19-6-4-5-16(3)22-19)23-9-7-17(8-10-23)21(24)25/h4-6,11-13,17,20H,7-10H2,1-3H3,(H,24,25). The molecule has 4 nitrogen and oxygen atoms in total. The highest BCUT2D eigenvalue weighted by Gasteiger charge is 2.31. The lowest BCUT2D eigenvalue weighted by molar-refractivity contribution is -0.143. The van der Waals surface area contributed by atoms with Crippen molar-refractivity contribution in [2.24, 2.45) is 5.92 Å². The van der Waals surface area contributed by atoms with Crippen LogP contribution in [-0.4, -0.2) is 34.0 Å². The molecule has 2 heterocycles. The lowest BCUT2D eigenvalue weighted by Crippen LogP contribution is -2.39. The van der Waals surface area contributed by atoms with Crippen molar-refractivity contribution in [1.29, 1.82) is 0 Å². The van der Waals surface area contributed by atoms with Gasteiger partial charge in [0.1, 0.15) is 0 Å². The van der Waals surface area contributed by atoms with Crippen molar-refractivity contribution in [2.45, 2.75) is 39.7 Å². The first-order valence-corrected chi connectivity index (χ1v) is 8.92. The number of aromatic nitrogens is 1. The summed E-state index contributed by atoms with van der Waals surface area (Å²) in [6, 6.07) is 12.9. The highest BCUT2D eigenvalue weighted by atomic mass is 16.4. The maximum Gasteiger partial charge on any atom is 0.306 e. The van der Waals surface area contributed by atoms with E-state index in [4.69, 9.17) is 4.98 Å². The molecule has 0 saturated carbocycles. The summed E-state index contributed by atoms with van der Waals surface area (Å²) in [5.41, 5.74) is 5.77. The molecule has 2 aromatic rings. The van der Waals surface area contributed by atoms with Crippen molar-refractivity contribution in [3.8, 4) is 0 Å². The largest absolute Gasteiger partial charge is 0.481 e. The number of rotatable bonds is 4. The van der Waals surface area contributed by atoms with Crippen molar-refractivity contribution in [3.05, 3.63) is 64.5 Å². The van der Waals surface area contributed by atoms with E-state index in [1.807, 2.05) is 13.0 Å². The van der Waals surface area contributed by atoms with E-state index >= 15 is 0 Å². The second kappa shape index (κ2) is 7.36. The number of carboxylic acids is 1. The van der Waals surface area contributed by atoms with E-state index < -0.39 is 5.97 Å². The van der Waals surface area contributed by atoms with E-state index in [9.17, 15) is 9.90 Å². The summed E-state index contributed by atoms with van der Waals surface area (Å²) in [7, 11) is 0. The average molecular weight is 338 g/mol. The number of benzene rings is 1. The fourth-order valence-electron chi connectivity index (χ4n) is 3.86. The Morgan fingerprint density at radius 1 is 1.12 bits per heavy atom. The van der Waals surface area contributed by atoms with E-state index in [1.54, 1.807) is 0 Å². The third-order valence-electron chi connectivity index (χ3n) is 4.99. The smallest absolute Gasteiger partial charge is 0.306 e. The predicted molar refractivity (Wildman–Crippen MR) is 98.7 cm³/mol. The van der Waals surface area contributed by atoms with Gasteiger partial charge in [-0.2, -0.15) is 0 Å². The zero-order valence-corrected chi connectivity index (χ0v) is 15.2. The minimum Gasteiger partial charge on any atom is -0.481 e. The Balaban J connectivity index is 1.96. The molecule has 0 spiro atoms. The van der Waals surface area contributed by atoms with Crippen molar-refractivity contribution in [1.82, 2.24) is 9.88 Å². The van der Waals surface area contributed by atoms with Crippen LogP contribution in [0.2, 0.25) is 0 Å². The zero-order chi connectivity index (χ0) is 18.0. The number of hydrogen-bond donors (Lipinski definition) is 1. The van der Waals surface area contributed by atoms with Crippen LogP contribution in [0.1, 0.15) is 47.0 Å². The Hall–Kier alpha value is -2.20. The summed E-state index contributed by atoms with van der Waals surface area (Å²) in [6.07, 6.45) is 1.39. The molecule has 0 bridgehead atoms. The molecule has 25 heavy (non-hydrogen) atoms. The number of carbonyl (C=O) groups is 1. The molecule has 1 aliphatic heterocycles. The van der Waals surface area contributed by atoms with Gasteiger partial charge in [0.05, 0.1) is 17.7 Å². The molecule has 4 heteroatoms. The average Bonchev–Trinajstić information content (AvgIpc) is 2.55. The van der Waals surface area contributed by atoms with E-state index in [0.717, 1.165) is 24.5 Å². The maximum absolute atomic E-state index is 11.3. The lowest BCUT2D eigenvalue weighted by Gasteiger charge is -2.36. The molecule has 0 aliphatic carbocycles. The van der Waals surface area contributed by atoms with Gasteiger partial charge in [-0.3, -0.25) is 14.7 Å². The van der Waals surface area contributed by atoms with Crippen molar-refractivity contribution >= 4 is 5.97 Å². The molecule has 0 amide bonds. The Bertz CT molecular complexity index is 744. The van der Waals surface area contributed by atoms with Gasteiger partial charge in [-0.1, -0.05) is 35.4 Å². The number of nitrogens with zero attached hydrogens (tertiary/aromatic N) is 2. The quantitative estimate of drug-likeness (QED) is 0.919. The number of carboxylic acid groups (broad SMARTS) is 1. The van der Waals surface area contributed by atoms with Gasteiger partial charge < -0.3 is 5.11 Å². The van der Waals surface area contributed by atoms with Crippen LogP contribution in [0.25, 0.3) is 0 Å². The third kappa shape index (κ3) is 4.07. The van der Waals surface area contributed by atoms with E-state index in [-0.39, 0.29) is 12.0 Å². The maximum atomic E-state index is 11.3. The van der Waals surface area contributed by atoms with Crippen LogP contribution in [0.3, 0.4) is 0 Å². The van der Waals surface area contributed by atoms with Gasteiger partial charge in [-0.05, 0) is 64.4 Å². The SMILES string of the molecule is Cc1cc(C)cc(C(c2cccc(C)n2)N2CCC(C(=O)O)CC2)c1. The van der Waals surface area contributed by atoms with Crippen LogP contribution >= 0.6 is 0 Å². The molecule has 1 atom stereocenters. The number of hydrogen-bond acceptors (Lipinski definition) is 3. The number of aliphatic carboxylic acids is 1. The molecule has 1 aliphatic rings. The van der Waals surface area contributed by atoms with E-state index in [2.05, 4.69) is 49.1 Å². The Morgan fingerprint density at radius 2 is 1.76 bits per heavy atom. The summed E-state index contributed by atoms with van der Waals surface area (Å²) < 4.78 is 0. The van der Waals surface area contributed by atoms with Crippen molar-refractivity contribution in [3.63, 3.8) is 0 Å². The fourth-order valence-corrected chi connectivity index (χ4v) is 3.86. The summed E-state index contributed by atoms with van der Waals surface area (Å²) in [5, 5.41) is 9.28. The molecule has 1 saturated heterocycles. The van der Waals surface area contributed by atoms with Crippen LogP contribution in [0.5, 0.6) is 0 Å². The van der Waals surface area contributed by atoms with Gasteiger partial charge in [0, 0.05) is 5.69 Å². The predicted octanol–water partition coefficient (Wildman–Crippen LogP) is 3.89. The highest BCUT2D eigenvalue weighted by molar-refractivity contribution is 5.70. The minimum absolute atomic E-state index is 0.0771. The molecular formula is C21H26N2O2. The highest BCUT2D eigenvalue weighted by Crippen LogP contribution is 2.32. The van der Waals surface area contributed by atoms with Crippen LogP contribution in [0.4, 0.5) is 0 Å². The Kier molecular flexibility index (Phi) is 5.19. The molecule has 1 N–H and O–H groups in total. The molecule has 3 rings (SSSR count). The van der Waals surface area contributed by atoms with Gasteiger partial charge in [-0.25, -0.2) is 0 Å². The summed E-state index contributed by atoms with van der Waals surface area (Å²) in [6.45, 7) is 7.81. The monoisotopic (exact) mass is 338 g/mol. The first-order valence-electron chi connectivity index (χ1n) is 8.92. The van der Waals surface area contributed by atoms with Crippen molar-refractivity contribution < 1.29 is 9.90 Å². The fraction of sp³-hybridized carbons (Fsp3) is 0.429. The summed E-state index contributed by atoms with van der Waals surface area (Å²) in [5.74, 6) is -0.891. The normalized spacial score (nSPS) is 17.4. The number of likely N-dealkylation sites (tertiary alicyclic amines) is 1. The molecule has 0 radical (unpaired) electrons. The molecule has 132 valence electrons. The van der Waals surface area contributed by atoms with Crippen LogP contribution in [-0.2, 0) is 4.79 Å². The van der Waals surface area contributed by atoms with Gasteiger partial charge in [-0.15, -0.1) is 0 Å². The second-order valence-corrected chi connectivity index (χ2v) is 7.18. The number of aryl methyl sites for hydroxylation is 3. The molecule has 1 aromatic carbocycles. The number of piperidine rings is 1. The minimum atomic E-state index is -0.670. The van der Waals surface area contributed by atoms with E-state index in [0.29, 0.717) is 12.8 Å².